The first-order valence-corrected chi connectivity index (χ1v) is 9.88. The number of aldehydes is 1. The van der Waals surface area contributed by atoms with Crippen LogP contribution in [0.4, 0.5) is 0 Å². The molecular weight excluding hydrogens is 338 g/mol. The van der Waals surface area contributed by atoms with Crippen molar-refractivity contribution in [3.8, 4) is 11.1 Å². The van der Waals surface area contributed by atoms with E-state index in [9.17, 15) is 9.90 Å². The van der Waals surface area contributed by atoms with Crippen LogP contribution in [0.2, 0.25) is 0 Å². The molecule has 1 aromatic heterocycles. The van der Waals surface area contributed by atoms with Crippen molar-refractivity contribution in [1.82, 2.24) is 15.6 Å². The Balaban J connectivity index is 1.43. The molecule has 0 bridgehead atoms. The highest BCUT2D eigenvalue weighted by Crippen LogP contribution is 2.37. The molecule has 27 heavy (non-hydrogen) atoms. The lowest BCUT2D eigenvalue weighted by Crippen LogP contribution is -2.44. The Labute approximate surface area is 160 Å². The summed E-state index contributed by atoms with van der Waals surface area (Å²) in [6.07, 6.45) is 7.19. The number of nitrogens with zero attached hydrogens (tertiary/aromatic N) is 1. The van der Waals surface area contributed by atoms with E-state index in [2.05, 4.69) is 15.6 Å². The number of pyridine rings is 1. The summed E-state index contributed by atoms with van der Waals surface area (Å²) in [5, 5.41) is 18.2. The molecule has 1 aliphatic heterocycles. The highest BCUT2D eigenvalue weighted by atomic mass is 16.3. The third-order valence-electron chi connectivity index (χ3n) is 5.98. The monoisotopic (exact) mass is 365 g/mol. The highest BCUT2D eigenvalue weighted by molar-refractivity contribution is 5.87. The topological polar surface area (TPSA) is 74.2 Å². The molecule has 2 fully saturated rings. The van der Waals surface area contributed by atoms with Crippen LogP contribution in [0.15, 0.2) is 42.6 Å². The molecule has 1 saturated carbocycles. The van der Waals surface area contributed by atoms with Crippen LogP contribution in [0.25, 0.3) is 11.1 Å². The van der Waals surface area contributed by atoms with Crippen LogP contribution in [0.1, 0.15) is 48.2 Å². The molecule has 4 rings (SSSR count). The van der Waals surface area contributed by atoms with E-state index in [0.717, 1.165) is 61.9 Å². The number of carbonyl (C=O) groups is 1. The standard InChI is InChI=1S/C22H27N3O2/c26-15-17-3-1-2-4-20(17)16-5-6-21(24-13-16)22(27)10-7-18(8-11-22)25-19-9-12-23-14-19/h1-6,13,15,18-19,23,25,27H,7-12,14H2/t18?,19-,22?/m0/s1. The molecule has 2 aliphatic rings. The van der Waals surface area contributed by atoms with Crippen molar-refractivity contribution in [2.45, 2.75) is 49.8 Å². The Hall–Kier alpha value is -2.08. The van der Waals surface area contributed by atoms with Gasteiger partial charge in [0.15, 0.2) is 6.29 Å². The summed E-state index contributed by atoms with van der Waals surface area (Å²) < 4.78 is 0. The summed E-state index contributed by atoms with van der Waals surface area (Å²) in [6, 6.07) is 12.4. The number of benzene rings is 1. The van der Waals surface area contributed by atoms with E-state index in [4.69, 9.17) is 0 Å². The largest absolute Gasteiger partial charge is 0.384 e. The normalized spacial score (nSPS) is 28.2. The van der Waals surface area contributed by atoms with Crippen LogP contribution in [0, 0.1) is 0 Å². The van der Waals surface area contributed by atoms with Crippen molar-refractivity contribution in [2.24, 2.45) is 0 Å². The van der Waals surface area contributed by atoms with Gasteiger partial charge in [0.05, 0.1) is 5.69 Å². The first-order valence-electron chi connectivity index (χ1n) is 9.88. The van der Waals surface area contributed by atoms with E-state index in [1.807, 2.05) is 30.3 Å². The molecule has 5 nitrogen and oxygen atoms in total. The zero-order valence-corrected chi connectivity index (χ0v) is 15.5. The summed E-state index contributed by atoms with van der Waals surface area (Å²) in [5.74, 6) is 0. The molecule has 1 saturated heterocycles. The van der Waals surface area contributed by atoms with Crippen molar-refractivity contribution in [1.29, 1.82) is 0 Å². The number of carbonyl (C=O) groups excluding carboxylic acids is 1. The molecule has 0 spiro atoms. The average Bonchev–Trinajstić information content (AvgIpc) is 3.23. The molecular formula is C22H27N3O2. The van der Waals surface area contributed by atoms with Gasteiger partial charge < -0.3 is 15.7 Å². The smallest absolute Gasteiger partial charge is 0.150 e. The van der Waals surface area contributed by atoms with E-state index < -0.39 is 5.60 Å². The quantitative estimate of drug-likeness (QED) is 0.711. The summed E-state index contributed by atoms with van der Waals surface area (Å²) in [7, 11) is 0. The minimum Gasteiger partial charge on any atom is -0.384 e. The Morgan fingerprint density at radius 3 is 2.59 bits per heavy atom. The minimum atomic E-state index is -0.852. The SMILES string of the molecule is O=Cc1ccccc1-c1ccc(C2(O)CCC(N[C@H]3CCNC3)CC2)nc1. The fourth-order valence-electron chi connectivity index (χ4n) is 4.34. The fraction of sp³-hybridized carbons (Fsp3) is 0.455. The molecule has 2 heterocycles. The predicted molar refractivity (Wildman–Crippen MR) is 106 cm³/mol. The van der Waals surface area contributed by atoms with Crippen molar-refractivity contribution in [3.05, 3.63) is 53.9 Å². The van der Waals surface area contributed by atoms with Gasteiger partial charge in [0.2, 0.25) is 0 Å². The molecule has 1 aliphatic carbocycles. The van der Waals surface area contributed by atoms with Gasteiger partial charge in [0.1, 0.15) is 5.60 Å². The molecule has 1 atom stereocenters. The van der Waals surface area contributed by atoms with Gasteiger partial charge in [-0.25, -0.2) is 0 Å². The lowest BCUT2D eigenvalue weighted by atomic mass is 9.79. The van der Waals surface area contributed by atoms with E-state index in [1.54, 1.807) is 12.3 Å². The average molecular weight is 365 g/mol. The zero-order valence-electron chi connectivity index (χ0n) is 15.5. The first kappa shape index (κ1) is 18.3. The first-order chi connectivity index (χ1) is 13.2. The van der Waals surface area contributed by atoms with Crippen LogP contribution >= 0.6 is 0 Å². The van der Waals surface area contributed by atoms with Gasteiger partial charge in [-0.15, -0.1) is 0 Å². The molecule has 0 radical (unpaired) electrons. The summed E-state index contributed by atoms with van der Waals surface area (Å²) in [5.41, 5.74) is 2.30. The number of aromatic nitrogens is 1. The number of nitrogens with one attached hydrogen (secondary N) is 2. The number of aliphatic hydroxyl groups is 1. The second-order valence-corrected chi connectivity index (χ2v) is 7.80. The van der Waals surface area contributed by atoms with Gasteiger partial charge in [-0.05, 0) is 50.3 Å². The molecule has 5 heteroatoms. The number of hydrogen-bond donors (Lipinski definition) is 3. The molecule has 2 aromatic rings. The van der Waals surface area contributed by atoms with E-state index in [0.29, 0.717) is 17.6 Å². The van der Waals surface area contributed by atoms with Crippen LogP contribution in [-0.2, 0) is 5.60 Å². The van der Waals surface area contributed by atoms with Gasteiger partial charge in [0, 0.05) is 36.0 Å². The van der Waals surface area contributed by atoms with Crippen molar-refractivity contribution >= 4 is 6.29 Å². The third-order valence-corrected chi connectivity index (χ3v) is 5.98. The van der Waals surface area contributed by atoms with Crippen LogP contribution in [-0.4, -0.2) is 41.5 Å². The van der Waals surface area contributed by atoms with Gasteiger partial charge >= 0.3 is 0 Å². The summed E-state index contributed by atoms with van der Waals surface area (Å²) >= 11 is 0. The van der Waals surface area contributed by atoms with Crippen molar-refractivity contribution in [2.75, 3.05) is 13.1 Å². The second kappa shape index (κ2) is 7.89. The molecule has 3 N–H and O–H groups in total. The maximum atomic E-state index is 11.3. The maximum Gasteiger partial charge on any atom is 0.150 e. The molecule has 1 aromatic carbocycles. The van der Waals surface area contributed by atoms with E-state index in [-0.39, 0.29) is 0 Å². The lowest BCUT2D eigenvalue weighted by Gasteiger charge is -2.37. The zero-order chi connectivity index (χ0) is 18.7. The number of rotatable bonds is 5. The van der Waals surface area contributed by atoms with Crippen LogP contribution in [0.5, 0.6) is 0 Å². The summed E-state index contributed by atoms with van der Waals surface area (Å²) in [6.45, 7) is 2.14. The van der Waals surface area contributed by atoms with E-state index >= 15 is 0 Å². The Bertz CT molecular complexity index is 776. The second-order valence-electron chi connectivity index (χ2n) is 7.80. The predicted octanol–water partition coefficient (Wildman–Crippen LogP) is 2.64. The Kier molecular flexibility index (Phi) is 5.34. The van der Waals surface area contributed by atoms with Gasteiger partial charge in [-0.3, -0.25) is 9.78 Å². The lowest BCUT2D eigenvalue weighted by molar-refractivity contribution is -0.0130. The Morgan fingerprint density at radius 1 is 1.11 bits per heavy atom. The molecule has 142 valence electrons. The fourth-order valence-corrected chi connectivity index (χ4v) is 4.34. The third kappa shape index (κ3) is 3.95. The van der Waals surface area contributed by atoms with Crippen LogP contribution < -0.4 is 10.6 Å². The maximum absolute atomic E-state index is 11.3. The minimum absolute atomic E-state index is 0.480. The number of hydrogen-bond acceptors (Lipinski definition) is 5. The molecule has 0 amide bonds. The van der Waals surface area contributed by atoms with Gasteiger partial charge in [0.25, 0.3) is 0 Å². The highest BCUT2D eigenvalue weighted by Gasteiger charge is 2.36. The van der Waals surface area contributed by atoms with E-state index in [1.165, 1.54) is 6.42 Å². The van der Waals surface area contributed by atoms with Gasteiger partial charge in [-0.2, -0.15) is 0 Å². The van der Waals surface area contributed by atoms with Crippen molar-refractivity contribution in [3.63, 3.8) is 0 Å². The summed E-state index contributed by atoms with van der Waals surface area (Å²) in [4.78, 5) is 15.8. The van der Waals surface area contributed by atoms with Crippen LogP contribution in [0.3, 0.4) is 0 Å². The van der Waals surface area contributed by atoms with Gasteiger partial charge in [-0.1, -0.05) is 30.3 Å². The Morgan fingerprint density at radius 2 is 1.93 bits per heavy atom. The molecule has 0 unspecified atom stereocenters. The van der Waals surface area contributed by atoms with Crippen molar-refractivity contribution < 1.29 is 9.90 Å².